The molecule has 0 amide bonds. The van der Waals surface area contributed by atoms with Crippen molar-refractivity contribution in [2.45, 2.75) is 19.8 Å². The van der Waals surface area contributed by atoms with Crippen LogP contribution in [0.1, 0.15) is 19.1 Å². The molecule has 2 rings (SSSR count). The molecule has 120 valence electrons. The number of guanidine groups is 1. The summed E-state index contributed by atoms with van der Waals surface area (Å²) in [6, 6.07) is 3.92. The van der Waals surface area contributed by atoms with Gasteiger partial charge in [0.15, 0.2) is 5.96 Å². The zero-order valence-electron chi connectivity index (χ0n) is 13.0. The van der Waals surface area contributed by atoms with Crippen molar-refractivity contribution in [1.82, 2.24) is 15.5 Å². The number of nitrogens with zero attached hydrogens (tertiary/aromatic N) is 2. The maximum atomic E-state index is 5.32. The molecule has 1 aliphatic rings. The zero-order chi connectivity index (χ0) is 14.2. The van der Waals surface area contributed by atoms with Crippen molar-refractivity contribution in [2.75, 3.05) is 39.8 Å². The zero-order valence-corrected chi connectivity index (χ0v) is 15.3. The number of rotatable bonds is 6. The minimum absolute atomic E-state index is 0. The number of aliphatic imine (C=N–C) groups is 1. The third kappa shape index (κ3) is 6.69. The number of furan rings is 1. The Morgan fingerprint density at radius 2 is 2.33 bits per heavy atom. The first-order chi connectivity index (χ1) is 9.78. The van der Waals surface area contributed by atoms with E-state index in [0.29, 0.717) is 5.92 Å². The molecular weight excluding hydrogens is 379 g/mol. The van der Waals surface area contributed by atoms with Crippen LogP contribution in [0.2, 0.25) is 0 Å². The fraction of sp³-hybridized carbons (Fsp3) is 0.667. The summed E-state index contributed by atoms with van der Waals surface area (Å²) >= 11 is 0. The van der Waals surface area contributed by atoms with Gasteiger partial charge >= 0.3 is 0 Å². The molecule has 6 heteroatoms. The normalized spacial score (nSPS) is 19.3. The summed E-state index contributed by atoms with van der Waals surface area (Å²) in [4.78, 5) is 7.06. The topological polar surface area (TPSA) is 52.8 Å². The Morgan fingerprint density at radius 3 is 2.95 bits per heavy atom. The largest absolute Gasteiger partial charge is 0.469 e. The number of likely N-dealkylation sites (tertiary alicyclic amines) is 1. The van der Waals surface area contributed by atoms with Gasteiger partial charge in [-0.25, -0.2) is 0 Å². The first-order valence-corrected chi connectivity index (χ1v) is 7.51. The van der Waals surface area contributed by atoms with E-state index in [9.17, 15) is 0 Å². The maximum absolute atomic E-state index is 5.32. The molecule has 2 N–H and O–H groups in total. The van der Waals surface area contributed by atoms with Gasteiger partial charge in [0, 0.05) is 32.6 Å². The molecule has 0 aromatic carbocycles. The van der Waals surface area contributed by atoms with Crippen molar-refractivity contribution < 1.29 is 4.42 Å². The molecule has 0 aliphatic carbocycles. The van der Waals surface area contributed by atoms with Gasteiger partial charge in [0.05, 0.1) is 6.26 Å². The van der Waals surface area contributed by atoms with Gasteiger partial charge in [0.25, 0.3) is 0 Å². The van der Waals surface area contributed by atoms with Crippen LogP contribution >= 0.6 is 24.0 Å². The SMILES string of the molecule is CCNC(=NCC1CCN(C)C1)NCCc1ccco1.I. The van der Waals surface area contributed by atoms with Crippen molar-refractivity contribution in [3.63, 3.8) is 0 Å². The molecule has 2 heterocycles. The Bertz CT molecular complexity index is 408. The van der Waals surface area contributed by atoms with Gasteiger partial charge in [0.1, 0.15) is 5.76 Å². The van der Waals surface area contributed by atoms with E-state index in [1.165, 1.54) is 13.0 Å². The molecule has 5 nitrogen and oxygen atoms in total. The first kappa shape index (κ1) is 18.3. The molecule has 1 fully saturated rings. The van der Waals surface area contributed by atoms with Gasteiger partial charge in [-0.1, -0.05) is 0 Å². The molecule has 1 aromatic heterocycles. The summed E-state index contributed by atoms with van der Waals surface area (Å²) in [5.74, 6) is 2.61. The van der Waals surface area contributed by atoms with E-state index in [2.05, 4.69) is 34.5 Å². The van der Waals surface area contributed by atoms with Gasteiger partial charge < -0.3 is 20.0 Å². The second-order valence-corrected chi connectivity index (χ2v) is 5.39. The third-order valence-electron chi connectivity index (χ3n) is 3.58. The summed E-state index contributed by atoms with van der Waals surface area (Å²) in [6.45, 7) is 7.08. The number of hydrogen-bond acceptors (Lipinski definition) is 3. The van der Waals surface area contributed by atoms with E-state index < -0.39 is 0 Å². The molecule has 1 aliphatic heterocycles. The van der Waals surface area contributed by atoms with E-state index in [-0.39, 0.29) is 24.0 Å². The van der Waals surface area contributed by atoms with Crippen molar-refractivity contribution in [1.29, 1.82) is 0 Å². The summed E-state index contributed by atoms with van der Waals surface area (Å²) < 4.78 is 5.32. The molecule has 21 heavy (non-hydrogen) atoms. The molecule has 1 unspecified atom stereocenters. The Balaban J connectivity index is 0.00000220. The molecule has 1 saturated heterocycles. The number of nitrogens with one attached hydrogen (secondary N) is 2. The van der Waals surface area contributed by atoms with Gasteiger partial charge in [-0.2, -0.15) is 0 Å². The maximum Gasteiger partial charge on any atom is 0.191 e. The van der Waals surface area contributed by atoms with Crippen molar-refractivity contribution >= 4 is 29.9 Å². The summed E-state index contributed by atoms with van der Waals surface area (Å²) in [5.41, 5.74) is 0. The number of hydrogen-bond donors (Lipinski definition) is 2. The van der Waals surface area contributed by atoms with E-state index >= 15 is 0 Å². The van der Waals surface area contributed by atoms with Gasteiger partial charge in [0.2, 0.25) is 0 Å². The monoisotopic (exact) mass is 406 g/mol. The van der Waals surface area contributed by atoms with Gasteiger partial charge in [-0.15, -0.1) is 24.0 Å². The Labute approximate surface area is 144 Å². The van der Waals surface area contributed by atoms with Crippen LogP contribution < -0.4 is 10.6 Å². The average molecular weight is 406 g/mol. The van der Waals surface area contributed by atoms with Crippen molar-refractivity contribution in [2.24, 2.45) is 10.9 Å². The highest BCUT2D eigenvalue weighted by Crippen LogP contribution is 2.14. The predicted molar refractivity (Wildman–Crippen MR) is 97.4 cm³/mol. The standard InChI is InChI=1S/C15H26N4O.HI/c1-3-16-15(17-8-6-14-5-4-10-20-14)18-11-13-7-9-19(2)12-13;/h4-5,10,13H,3,6-9,11-12H2,1-2H3,(H2,16,17,18);1H. The van der Waals surface area contributed by atoms with Crippen LogP contribution in [0.15, 0.2) is 27.8 Å². The number of halogens is 1. The highest BCUT2D eigenvalue weighted by molar-refractivity contribution is 14.0. The second-order valence-electron chi connectivity index (χ2n) is 5.39. The van der Waals surface area contributed by atoms with Crippen LogP contribution in [-0.4, -0.2) is 50.6 Å². The molecule has 0 bridgehead atoms. The summed E-state index contributed by atoms with van der Waals surface area (Å²) in [6.07, 6.45) is 3.85. The molecule has 1 atom stereocenters. The lowest BCUT2D eigenvalue weighted by atomic mass is 10.1. The lowest BCUT2D eigenvalue weighted by molar-refractivity contribution is 0.397. The molecular formula is C15H27IN4O. The Hall–Kier alpha value is -0.760. The Morgan fingerprint density at radius 1 is 1.48 bits per heavy atom. The van der Waals surface area contributed by atoms with Crippen LogP contribution in [0.4, 0.5) is 0 Å². The average Bonchev–Trinajstić information content (AvgIpc) is 3.07. The first-order valence-electron chi connectivity index (χ1n) is 7.51. The highest BCUT2D eigenvalue weighted by atomic mass is 127. The molecule has 0 spiro atoms. The Kier molecular flexibility index (Phi) is 8.75. The quantitative estimate of drug-likeness (QED) is 0.431. The lowest BCUT2D eigenvalue weighted by Crippen LogP contribution is -2.38. The van der Waals surface area contributed by atoms with E-state index in [4.69, 9.17) is 4.42 Å². The van der Waals surface area contributed by atoms with Crippen LogP contribution in [0.3, 0.4) is 0 Å². The highest BCUT2D eigenvalue weighted by Gasteiger charge is 2.18. The summed E-state index contributed by atoms with van der Waals surface area (Å²) in [7, 11) is 2.18. The van der Waals surface area contributed by atoms with Gasteiger partial charge in [-0.3, -0.25) is 4.99 Å². The minimum atomic E-state index is 0. The fourth-order valence-corrected chi connectivity index (χ4v) is 2.50. The van der Waals surface area contributed by atoms with Crippen LogP contribution in [0.5, 0.6) is 0 Å². The van der Waals surface area contributed by atoms with Crippen molar-refractivity contribution in [3.05, 3.63) is 24.2 Å². The van der Waals surface area contributed by atoms with E-state index in [0.717, 1.165) is 44.3 Å². The smallest absolute Gasteiger partial charge is 0.191 e. The molecule has 1 aromatic rings. The van der Waals surface area contributed by atoms with Crippen molar-refractivity contribution in [3.8, 4) is 0 Å². The van der Waals surface area contributed by atoms with E-state index in [1.807, 2.05) is 12.1 Å². The minimum Gasteiger partial charge on any atom is -0.469 e. The van der Waals surface area contributed by atoms with Gasteiger partial charge in [-0.05, 0) is 45.0 Å². The lowest BCUT2D eigenvalue weighted by Gasteiger charge is -2.12. The molecule has 0 saturated carbocycles. The summed E-state index contributed by atoms with van der Waals surface area (Å²) in [5, 5.41) is 6.65. The predicted octanol–water partition coefficient (Wildman–Crippen LogP) is 1.95. The van der Waals surface area contributed by atoms with Crippen LogP contribution in [-0.2, 0) is 6.42 Å². The fourth-order valence-electron chi connectivity index (χ4n) is 2.50. The second kappa shape index (κ2) is 10.0. The van der Waals surface area contributed by atoms with Crippen LogP contribution in [0.25, 0.3) is 0 Å². The van der Waals surface area contributed by atoms with Crippen LogP contribution in [0, 0.1) is 5.92 Å². The van der Waals surface area contributed by atoms with E-state index in [1.54, 1.807) is 6.26 Å². The molecule has 0 radical (unpaired) electrons. The third-order valence-corrected chi connectivity index (χ3v) is 3.58.